The summed E-state index contributed by atoms with van der Waals surface area (Å²) >= 11 is 0. The Morgan fingerprint density at radius 2 is 1.68 bits per heavy atom. The quantitative estimate of drug-likeness (QED) is 0.849. The van der Waals surface area contributed by atoms with Crippen molar-refractivity contribution in [3.05, 3.63) is 0 Å². The minimum atomic E-state index is -0.610. The van der Waals surface area contributed by atoms with Crippen molar-refractivity contribution < 1.29 is 9.90 Å². The fourth-order valence-electron chi connectivity index (χ4n) is 4.75. The molecule has 2 saturated heterocycles. The number of hydrogen-bond acceptors (Lipinski definition) is 2. The van der Waals surface area contributed by atoms with Crippen molar-refractivity contribution in [2.75, 3.05) is 0 Å². The zero-order valence-electron chi connectivity index (χ0n) is 12.2. The summed E-state index contributed by atoms with van der Waals surface area (Å²) in [5.74, 6) is 1.59. The fraction of sp³-hybridized carbons (Fsp3) is 0.938. The van der Waals surface area contributed by atoms with Gasteiger partial charge in [0.05, 0.1) is 0 Å². The molecule has 2 aliphatic heterocycles. The van der Waals surface area contributed by atoms with Crippen molar-refractivity contribution in [3.63, 3.8) is 0 Å². The first-order valence-corrected chi connectivity index (χ1v) is 8.03. The van der Waals surface area contributed by atoms with E-state index >= 15 is 0 Å². The Morgan fingerprint density at radius 1 is 1.11 bits per heavy atom. The molecule has 2 bridgehead atoms. The van der Waals surface area contributed by atoms with E-state index in [0.717, 1.165) is 30.7 Å². The summed E-state index contributed by atoms with van der Waals surface area (Å²) < 4.78 is 0. The van der Waals surface area contributed by atoms with E-state index in [-0.39, 0.29) is 0 Å². The van der Waals surface area contributed by atoms with Crippen LogP contribution >= 0.6 is 0 Å². The van der Waals surface area contributed by atoms with Gasteiger partial charge in [0, 0.05) is 24.5 Å². The molecular formula is C16H27NO2. The van der Waals surface area contributed by atoms with Crippen molar-refractivity contribution in [2.24, 2.45) is 17.8 Å². The Labute approximate surface area is 116 Å². The molecule has 2 atom stereocenters. The van der Waals surface area contributed by atoms with Crippen LogP contribution in [0.3, 0.4) is 0 Å². The molecule has 3 rings (SSSR count). The summed E-state index contributed by atoms with van der Waals surface area (Å²) in [6.45, 7) is 4.68. The average molecular weight is 265 g/mol. The fourth-order valence-corrected chi connectivity index (χ4v) is 4.75. The first-order valence-electron chi connectivity index (χ1n) is 8.03. The van der Waals surface area contributed by atoms with Gasteiger partial charge in [-0.2, -0.15) is 0 Å². The van der Waals surface area contributed by atoms with Crippen LogP contribution in [0.4, 0.5) is 0 Å². The summed E-state index contributed by atoms with van der Waals surface area (Å²) in [6, 6.07) is 2.21. The predicted octanol–water partition coefficient (Wildman–Crippen LogP) is 3.14. The number of carbonyl (C=O) groups is 1. The molecule has 19 heavy (non-hydrogen) atoms. The zero-order valence-corrected chi connectivity index (χ0v) is 12.2. The number of nitrogens with zero attached hydrogens (tertiary/aromatic N) is 1. The number of aliphatic carboxylic acids is 1. The van der Waals surface area contributed by atoms with Gasteiger partial charge in [-0.1, -0.05) is 13.8 Å². The lowest BCUT2D eigenvalue weighted by Crippen LogP contribution is -2.54. The van der Waals surface area contributed by atoms with Gasteiger partial charge >= 0.3 is 5.97 Å². The summed E-state index contributed by atoms with van der Waals surface area (Å²) in [5, 5.41) is 8.97. The summed E-state index contributed by atoms with van der Waals surface area (Å²) in [5.41, 5.74) is 0. The minimum absolute atomic E-state index is 0.389. The van der Waals surface area contributed by atoms with E-state index in [0.29, 0.717) is 24.4 Å². The van der Waals surface area contributed by atoms with Crippen LogP contribution in [0, 0.1) is 17.8 Å². The summed E-state index contributed by atoms with van der Waals surface area (Å²) in [7, 11) is 0. The highest BCUT2D eigenvalue weighted by molar-refractivity contribution is 5.67. The van der Waals surface area contributed by atoms with Gasteiger partial charge in [0.15, 0.2) is 0 Å². The second-order valence-corrected chi connectivity index (χ2v) is 7.40. The van der Waals surface area contributed by atoms with Crippen LogP contribution in [0.25, 0.3) is 0 Å². The molecule has 0 radical (unpaired) electrons. The largest absolute Gasteiger partial charge is 0.481 e. The van der Waals surface area contributed by atoms with Crippen molar-refractivity contribution in [1.82, 2.24) is 4.90 Å². The molecule has 0 aromatic carbocycles. The maximum absolute atomic E-state index is 10.9. The monoisotopic (exact) mass is 265 g/mol. The molecule has 1 N–H and O–H groups in total. The highest BCUT2D eigenvalue weighted by Crippen LogP contribution is 2.47. The zero-order chi connectivity index (χ0) is 13.6. The first-order chi connectivity index (χ1) is 9.04. The van der Waals surface area contributed by atoms with Crippen molar-refractivity contribution in [1.29, 1.82) is 0 Å². The number of piperidine rings is 1. The lowest BCUT2D eigenvalue weighted by molar-refractivity contribution is -0.139. The van der Waals surface area contributed by atoms with Gasteiger partial charge in [0.1, 0.15) is 0 Å². The second-order valence-electron chi connectivity index (χ2n) is 7.40. The maximum Gasteiger partial charge on any atom is 0.303 e. The molecule has 108 valence electrons. The van der Waals surface area contributed by atoms with Crippen LogP contribution in [0.2, 0.25) is 0 Å². The molecule has 0 aromatic heterocycles. The Balaban J connectivity index is 1.57. The third kappa shape index (κ3) is 2.54. The van der Waals surface area contributed by atoms with E-state index in [1.54, 1.807) is 0 Å². The summed E-state index contributed by atoms with van der Waals surface area (Å²) in [4.78, 5) is 13.7. The topological polar surface area (TPSA) is 40.5 Å². The molecule has 0 spiro atoms. The van der Waals surface area contributed by atoms with E-state index in [9.17, 15) is 4.79 Å². The lowest BCUT2D eigenvalue weighted by atomic mass is 9.71. The standard InChI is InChI=1S/C16H27NO2/c1-10(2)12-8-15(9-12)17-13-3-4-14(17)6-11(5-13)7-16(18)19/h10-15H,3-9H2,1-2H3,(H,18,19). The SMILES string of the molecule is CC(C)C1CC(N2C3CCC2CC(CC(=O)O)C3)C1. The van der Waals surface area contributed by atoms with Crippen molar-refractivity contribution in [3.8, 4) is 0 Å². The predicted molar refractivity (Wildman–Crippen MR) is 75.0 cm³/mol. The van der Waals surface area contributed by atoms with Crippen LogP contribution in [-0.2, 0) is 4.79 Å². The van der Waals surface area contributed by atoms with Crippen LogP contribution in [0.15, 0.2) is 0 Å². The van der Waals surface area contributed by atoms with E-state index in [1.165, 1.54) is 25.7 Å². The Bertz CT molecular complexity index is 335. The van der Waals surface area contributed by atoms with Crippen LogP contribution in [-0.4, -0.2) is 34.1 Å². The molecule has 3 aliphatic rings. The third-order valence-corrected chi connectivity index (χ3v) is 5.86. The molecule has 2 heterocycles. The molecule has 1 saturated carbocycles. The molecule has 0 amide bonds. The number of fused-ring (bicyclic) bond motifs is 2. The van der Waals surface area contributed by atoms with Crippen LogP contribution in [0.1, 0.15) is 58.8 Å². The number of rotatable bonds is 4. The number of carboxylic acid groups (broad SMARTS) is 1. The molecule has 3 heteroatoms. The van der Waals surface area contributed by atoms with Gasteiger partial charge in [0.25, 0.3) is 0 Å². The Hall–Kier alpha value is -0.570. The average Bonchev–Trinajstić information content (AvgIpc) is 2.51. The molecule has 2 unspecified atom stereocenters. The molecule has 1 aliphatic carbocycles. The van der Waals surface area contributed by atoms with Crippen molar-refractivity contribution in [2.45, 2.75) is 76.9 Å². The van der Waals surface area contributed by atoms with E-state index in [2.05, 4.69) is 18.7 Å². The van der Waals surface area contributed by atoms with Gasteiger partial charge in [-0.15, -0.1) is 0 Å². The van der Waals surface area contributed by atoms with Crippen LogP contribution in [0.5, 0.6) is 0 Å². The second kappa shape index (κ2) is 5.08. The smallest absolute Gasteiger partial charge is 0.303 e. The molecular weight excluding hydrogens is 238 g/mol. The van der Waals surface area contributed by atoms with E-state index < -0.39 is 5.97 Å². The Morgan fingerprint density at radius 3 is 2.16 bits per heavy atom. The molecule has 0 aromatic rings. The Kier molecular flexibility index (Phi) is 3.59. The van der Waals surface area contributed by atoms with Gasteiger partial charge < -0.3 is 5.11 Å². The highest BCUT2D eigenvalue weighted by atomic mass is 16.4. The first kappa shape index (κ1) is 13.4. The van der Waals surface area contributed by atoms with Crippen molar-refractivity contribution >= 4 is 5.97 Å². The maximum atomic E-state index is 10.9. The van der Waals surface area contributed by atoms with Gasteiger partial charge in [-0.3, -0.25) is 9.69 Å². The lowest BCUT2D eigenvalue weighted by Gasteiger charge is -2.50. The number of carboxylic acids is 1. The van der Waals surface area contributed by atoms with E-state index in [4.69, 9.17) is 5.11 Å². The molecule has 3 nitrogen and oxygen atoms in total. The third-order valence-electron chi connectivity index (χ3n) is 5.86. The van der Waals surface area contributed by atoms with Gasteiger partial charge in [-0.05, 0) is 56.3 Å². The highest BCUT2D eigenvalue weighted by Gasteiger charge is 2.47. The molecule has 3 fully saturated rings. The normalized spacial score (nSPS) is 42.4. The van der Waals surface area contributed by atoms with E-state index in [1.807, 2.05) is 0 Å². The van der Waals surface area contributed by atoms with Gasteiger partial charge in [0.2, 0.25) is 0 Å². The summed E-state index contributed by atoms with van der Waals surface area (Å²) in [6.07, 6.45) is 8.03. The van der Waals surface area contributed by atoms with Crippen LogP contribution < -0.4 is 0 Å². The minimum Gasteiger partial charge on any atom is -0.481 e. The van der Waals surface area contributed by atoms with Gasteiger partial charge in [-0.25, -0.2) is 0 Å². The number of hydrogen-bond donors (Lipinski definition) is 1.